The zero-order valence-corrected chi connectivity index (χ0v) is 16.0. The van der Waals surface area contributed by atoms with Crippen LogP contribution in [-0.4, -0.2) is 38.9 Å². The molecule has 0 heterocycles. The number of aromatic hydroxyl groups is 2. The van der Waals surface area contributed by atoms with E-state index in [1.54, 1.807) is 13.8 Å². The highest BCUT2D eigenvalue weighted by atomic mass is 16.5. The van der Waals surface area contributed by atoms with Gasteiger partial charge in [-0.25, -0.2) is 0 Å². The molecule has 3 rings (SSSR count). The van der Waals surface area contributed by atoms with Crippen LogP contribution in [0, 0.1) is 0 Å². The summed E-state index contributed by atoms with van der Waals surface area (Å²) in [7, 11) is 0. The largest absolute Gasteiger partial charge is 0.508 e. The Bertz CT molecular complexity index is 985. The van der Waals surface area contributed by atoms with Gasteiger partial charge >= 0.3 is 5.97 Å². The zero-order chi connectivity index (χ0) is 21.5. The molecule has 0 fully saturated rings. The maximum Gasteiger partial charge on any atom is 0.313 e. The molecule has 0 aromatic heterocycles. The van der Waals surface area contributed by atoms with Crippen molar-refractivity contribution in [1.82, 2.24) is 0 Å². The molecule has 1 amide bonds. The molecule has 3 unspecified atom stereocenters. The summed E-state index contributed by atoms with van der Waals surface area (Å²) < 4.78 is 5.12. The predicted octanol–water partition coefficient (Wildman–Crippen LogP) is 1.73. The van der Waals surface area contributed by atoms with Crippen LogP contribution in [0.1, 0.15) is 76.6 Å². The van der Waals surface area contributed by atoms with Gasteiger partial charge in [-0.2, -0.15) is 0 Å². The van der Waals surface area contributed by atoms with Gasteiger partial charge in [0.15, 0.2) is 0 Å². The van der Waals surface area contributed by atoms with Crippen LogP contribution in [0.25, 0.3) is 0 Å². The number of nitrogens with two attached hydrogens (primary N) is 1. The van der Waals surface area contributed by atoms with Gasteiger partial charge in [0.05, 0.1) is 12.5 Å². The third-order valence-electron chi connectivity index (χ3n) is 5.25. The number of ether oxygens (including phenoxy) is 1. The van der Waals surface area contributed by atoms with Gasteiger partial charge in [0.25, 0.3) is 0 Å². The monoisotopic (exact) mass is 401 g/mol. The second-order valence-corrected chi connectivity index (χ2v) is 6.85. The quantitative estimate of drug-likeness (QED) is 0.479. The second kappa shape index (κ2) is 7.73. The van der Waals surface area contributed by atoms with E-state index in [1.165, 1.54) is 18.2 Å². The van der Waals surface area contributed by atoms with Crippen molar-refractivity contribution in [3.8, 4) is 11.5 Å². The minimum absolute atomic E-state index is 0.0179. The van der Waals surface area contributed by atoms with Crippen molar-refractivity contribution < 1.29 is 34.8 Å². The number of fused-ring (bicyclic) bond motifs is 2. The Morgan fingerprint density at radius 3 is 2.34 bits per heavy atom. The smallest absolute Gasteiger partial charge is 0.313 e. The zero-order valence-electron chi connectivity index (χ0n) is 16.0. The Hall–Kier alpha value is -3.10. The summed E-state index contributed by atoms with van der Waals surface area (Å²) in [6.45, 7) is 3.46. The number of primary amides is 1. The molecule has 2 aromatic carbocycles. The standard InChI is InChI=1S/C21H23NO7/c1-3-9(21(28)29-4-2)14-11(20(22)27)8-13(24)16-17(14)18(25)10-6-5-7-12(23)15(10)19(16)26/h5-9,18-19,23-26H,3-4H2,1-2H3,(H2,22,27). The number of carbonyl (C=O) groups excluding carboxylic acids is 2. The molecule has 0 radical (unpaired) electrons. The predicted molar refractivity (Wildman–Crippen MR) is 103 cm³/mol. The number of amides is 1. The van der Waals surface area contributed by atoms with Crippen molar-refractivity contribution in [2.75, 3.05) is 6.61 Å². The number of phenolic OH excluding ortho intramolecular Hbond substituents is 2. The van der Waals surface area contributed by atoms with E-state index in [0.717, 1.165) is 6.07 Å². The number of aliphatic hydroxyl groups excluding tert-OH is 2. The van der Waals surface area contributed by atoms with E-state index < -0.39 is 35.8 Å². The third-order valence-corrected chi connectivity index (χ3v) is 5.25. The highest BCUT2D eigenvalue weighted by Crippen LogP contribution is 2.51. The molecule has 1 aliphatic rings. The number of benzene rings is 2. The summed E-state index contributed by atoms with van der Waals surface area (Å²) in [5.74, 6) is -3.20. The summed E-state index contributed by atoms with van der Waals surface area (Å²) in [4.78, 5) is 24.7. The van der Waals surface area contributed by atoms with E-state index in [-0.39, 0.29) is 52.2 Å². The van der Waals surface area contributed by atoms with Crippen molar-refractivity contribution in [2.45, 2.75) is 38.4 Å². The van der Waals surface area contributed by atoms with Crippen LogP contribution in [-0.2, 0) is 9.53 Å². The molecule has 6 N–H and O–H groups in total. The van der Waals surface area contributed by atoms with Gasteiger partial charge in [-0.05, 0) is 42.2 Å². The van der Waals surface area contributed by atoms with Crippen LogP contribution in [0.5, 0.6) is 11.5 Å². The molecule has 2 aromatic rings. The molecule has 154 valence electrons. The van der Waals surface area contributed by atoms with Crippen LogP contribution in [0.15, 0.2) is 24.3 Å². The Labute approximate surface area is 167 Å². The molecule has 29 heavy (non-hydrogen) atoms. The fourth-order valence-corrected chi connectivity index (χ4v) is 4.02. The molecular weight excluding hydrogens is 378 g/mol. The van der Waals surface area contributed by atoms with Crippen molar-refractivity contribution >= 4 is 11.9 Å². The Morgan fingerprint density at radius 1 is 1.07 bits per heavy atom. The SMILES string of the molecule is CCOC(=O)C(CC)c1c(C(N)=O)cc(O)c2c1C(O)c1cccc(O)c1C2O. The summed E-state index contributed by atoms with van der Waals surface area (Å²) >= 11 is 0. The molecule has 0 spiro atoms. The van der Waals surface area contributed by atoms with Crippen LogP contribution in [0.2, 0.25) is 0 Å². The summed E-state index contributed by atoms with van der Waals surface area (Å²) in [6, 6.07) is 5.42. The second-order valence-electron chi connectivity index (χ2n) is 6.85. The number of rotatable bonds is 5. The first-order valence-corrected chi connectivity index (χ1v) is 9.28. The Kier molecular flexibility index (Phi) is 5.50. The number of aliphatic hydroxyl groups is 2. The van der Waals surface area contributed by atoms with E-state index in [4.69, 9.17) is 10.5 Å². The van der Waals surface area contributed by atoms with Crippen molar-refractivity contribution in [2.24, 2.45) is 5.73 Å². The lowest BCUT2D eigenvalue weighted by Gasteiger charge is -2.34. The topological polar surface area (TPSA) is 150 Å². The van der Waals surface area contributed by atoms with Gasteiger partial charge in [-0.3, -0.25) is 9.59 Å². The van der Waals surface area contributed by atoms with Crippen LogP contribution < -0.4 is 5.73 Å². The van der Waals surface area contributed by atoms with E-state index in [2.05, 4.69) is 0 Å². The van der Waals surface area contributed by atoms with Gasteiger partial charge in [-0.15, -0.1) is 0 Å². The number of phenols is 2. The van der Waals surface area contributed by atoms with Crippen LogP contribution in [0.3, 0.4) is 0 Å². The van der Waals surface area contributed by atoms with E-state index in [1.807, 2.05) is 0 Å². The van der Waals surface area contributed by atoms with Crippen molar-refractivity contribution in [1.29, 1.82) is 0 Å². The fourth-order valence-electron chi connectivity index (χ4n) is 4.02. The maximum absolute atomic E-state index is 12.6. The first kappa shape index (κ1) is 20.6. The number of hydrogen-bond donors (Lipinski definition) is 5. The van der Waals surface area contributed by atoms with Gasteiger partial charge in [0.2, 0.25) is 5.91 Å². The molecule has 0 saturated carbocycles. The maximum atomic E-state index is 12.6. The first-order valence-electron chi connectivity index (χ1n) is 9.28. The van der Waals surface area contributed by atoms with Crippen LogP contribution in [0.4, 0.5) is 0 Å². The first-order chi connectivity index (χ1) is 13.7. The summed E-state index contributed by atoms with van der Waals surface area (Å²) in [5, 5.41) is 42.7. The van der Waals surface area contributed by atoms with Gasteiger partial charge < -0.3 is 30.9 Å². The minimum Gasteiger partial charge on any atom is -0.508 e. The van der Waals surface area contributed by atoms with Gasteiger partial charge in [0.1, 0.15) is 23.7 Å². The number of esters is 1. The third kappa shape index (κ3) is 3.20. The lowest BCUT2D eigenvalue weighted by Crippen LogP contribution is -2.27. The highest BCUT2D eigenvalue weighted by Gasteiger charge is 2.40. The Morgan fingerprint density at radius 2 is 1.76 bits per heavy atom. The van der Waals surface area contributed by atoms with Crippen LogP contribution >= 0.6 is 0 Å². The molecule has 1 aliphatic carbocycles. The average molecular weight is 401 g/mol. The average Bonchev–Trinajstić information content (AvgIpc) is 2.67. The molecule has 8 heteroatoms. The summed E-state index contributed by atoms with van der Waals surface area (Å²) in [5.41, 5.74) is 5.63. The molecule has 8 nitrogen and oxygen atoms in total. The highest BCUT2D eigenvalue weighted by molar-refractivity contribution is 5.98. The molecule has 0 saturated heterocycles. The van der Waals surface area contributed by atoms with E-state index in [0.29, 0.717) is 0 Å². The summed E-state index contributed by atoms with van der Waals surface area (Å²) in [6.07, 6.45) is -2.67. The van der Waals surface area contributed by atoms with Gasteiger partial charge in [0, 0.05) is 16.7 Å². The molecule has 0 bridgehead atoms. The molecule has 3 atom stereocenters. The number of carbonyl (C=O) groups is 2. The van der Waals surface area contributed by atoms with Crippen molar-refractivity contribution in [3.63, 3.8) is 0 Å². The van der Waals surface area contributed by atoms with Crippen molar-refractivity contribution in [3.05, 3.63) is 57.6 Å². The van der Waals surface area contributed by atoms with Gasteiger partial charge in [-0.1, -0.05) is 19.1 Å². The normalized spacial score (nSPS) is 18.5. The molecule has 0 aliphatic heterocycles. The lowest BCUT2D eigenvalue weighted by molar-refractivity contribution is -0.145. The van der Waals surface area contributed by atoms with E-state index >= 15 is 0 Å². The van der Waals surface area contributed by atoms with E-state index in [9.17, 15) is 30.0 Å². The Balaban J connectivity index is 2.38. The lowest BCUT2D eigenvalue weighted by atomic mass is 9.74. The molecular formula is C21H23NO7. The number of hydrogen-bond acceptors (Lipinski definition) is 7. The minimum atomic E-state index is -1.48. The fraction of sp³-hybridized carbons (Fsp3) is 0.333.